The van der Waals surface area contributed by atoms with Crippen molar-refractivity contribution in [3.63, 3.8) is 0 Å². The monoisotopic (exact) mass is 186 g/mol. The first-order chi connectivity index (χ1) is 6.13. The fraction of sp³-hybridized carbons (Fsp3) is 1.00. The molecule has 1 saturated heterocycles. The van der Waals surface area contributed by atoms with Crippen molar-refractivity contribution in [3.8, 4) is 0 Å². The van der Waals surface area contributed by atoms with Crippen molar-refractivity contribution in [1.29, 1.82) is 0 Å². The van der Waals surface area contributed by atoms with Gasteiger partial charge < -0.3 is 14.9 Å². The Balaban J connectivity index is 2.24. The Bertz CT molecular complexity index is 152. The molecule has 0 spiro atoms. The summed E-state index contributed by atoms with van der Waals surface area (Å²) >= 11 is 0. The molecule has 78 valence electrons. The van der Waals surface area contributed by atoms with E-state index in [1.54, 1.807) is 0 Å². The second-order valence-electron chi connectivity index (χ2n) is 4.39. The number of hydrogen-bond donors (Lipinski definition) is 1. The first-order valence-electron chi connectivity index (χ1n) is 5.13. The molecule has 1 aliphatic rings. The molecule has 1 fully saturated rings. The van der Waals surface area contributed by atoms with Crippen LogP contribution in [0.2, 0.25) is 0 Å². The number of likely N-dealkylation sites (tertiary alicyclic amines) is 1. The molecule has 0 bridgehead atoms. The van der Waals surface area contributed by atoms with Gasteiger partial charge in [0.2, 0.25) is 0 Å². The van der Waals surface area contributed by atoms with Crippen LogP contribution in [0.5, 0.6) is 0 Å². The van der Waals surface area contributed by atoms with Crippen LogP contribution in [0.15, 0.2) is 0 Å². The van der Waals surface area contributed by atoms with Gasteiger partial charge in [0.1, 0.15) is 0 Å². The third kappa shape index (κ3) is 3.25. The number of aliphatic hydroxyl groups excluding tert-OH is 1. The van der Waals surface area contributed by atoms with Crippen molar-refractivity contribution in [2.75, 3.05) is 40.3 Å². The summed E-state index contributed by atoms with van der Waals surface area (Å²) in [6.45, 7) is 5.89. The van der Waals surface area contributed by atoms with E-state index < -0.39 is 0 Å². The van der Waals surface area contributed by atoms with Gasteiger partial charge in [-0.3, -0.25) is 0 Å². The molecule has 3 heteroatoms. The first-order valence-corrected chi connectivity index (χ1v) is 5.13. The third-order valence-electron chi connectivity index (χ3n) is 3.05. The molecule has 0 aliphatic carbocycles. The molecular weight excluding hydrogens is 164 g/mol. The molecule has 0 aromatic heterocycles. The standard InChI is InChI=1S/C10H22N2O/c1-9(8-13)12(3)7-10-4-5-11(2)6-10/h9-10,13H,4-8H2,1-3H3. The molecule has 1 N–H and O–H groups in total. The highest BCUT2D eigenvalue weighted by Crippen LogP contribution is 2.15. The number of nitrogens with zero attached hydrogens (tertiary/aromatic N) is 2. The summed E-state index contributed by atoms with van der Waals surface area (Å²) in [7, 11) is 4.27. The Hall–Kier alpha value is -0.120. The van der Waals surface area contributed by atoms with E-state index in [0.717, 1.165) is 12.5 Å². The summed E-state index contributed by atoms with van der Waals surface area (Å²) in [5, 5.41) is 8.98. The maximum absolute atomic E-state index is 8.98. The zero-order valence-corrected chi connectivity index (χ0v) is 9.03. The maximum Gasteiger partial charge on any atom is 0.0584 e. The molecule has 0 aromatic carbocycles. The fourth-order valence-corrected chi connectivity index (χ4v) is 1.90. The number of hydrogen-bond acceptors (Lipinski definition) is 3. The first kappa shape index (κ1) is 11.0. The average molecular weight is 186 g/mol. The summed E-state index contributed by atoms with van der Waals surface area (Å²) in [5.41, 5.74) is 0. The summed E-state index contributed by atoms with van der Waals surface area (Å²) in [6, 6.07) is 0.297. The van der Waals surface area contributed by atoms with Gasteiger partial charge in [-0.15, -0.1) is 0 Å². The largest absolute Gasteiger partial charge is 0.395 e. The van der Waals surface area contributed by atoms with Crippen LogP contribution in [0, 0.1) is 5.92 Å². The van der Waals surface area contributed by atoms with E-state index in [9.17, 15) is 0 Å². The van der Waals surface area contributed by atoms with E-state index >= 15 is 0 Å². The normalized spacial score (nSPS) is 27.0. The van der Waals surface area contributed by atoms with Gasteiger partial charge in [0.15, 0.2) is 0 Å². The number of aliphatic hydroxyl groups is 1. The lowest BCUT2D eigenvalue weighted by Crippen LogP contribution is -2.36. The Morgan fingerprint density at radius 2 is 2.31 bits per heavy atom. The maximum atomic E-state index is 8.98. The smallest absolute Gasteiger partial charge is 0.0584 e. The summed E-state index contributed by atoms with van der Waals surface area (Å²) in [4.78, 5) is 4.63. The molecule has 0 aromatic rings. The summed E-state index contributed by atoms with van der Waals surface area (Å²) in [6.07, 6.45) is 1.30. The topological polar surface area (TPSA) is 26.7 Å². The minimum Gasteiger partial charge on any atom is -0.395 e. The lowest BCUT2D eigenvalue weighted by atomic mass is 10.1. The van der Waals surface area contributed by atoms with Crippen LogP contribution in [-0.2, 0) is 0 Å². The van der Waals surface area contributed by atoms with Crippen LogP contribution in [0.3, 0.4) is 0 Å². The van der Waals surface area contributed by atoms with Gasteiger partial charge in [-0.1, -0.05) is 0 Å². The van der Waals surface area contributed by atoms with Crippen molar-refractivity contribution >= 4 is 0 Å². The zero-order valence-electron chi connectivity index (χ0n) is 9.03. The lowest BCUT2D eigenvalue weighted by molar-refractivity contribution is 0.143. The highest BCUT2D eigenvalue weighted by atomic mass is 16.3. The van der Waals surface area contributed by atoms with Crippen LogP contribution < -0.4 is 0 Å². The average Bonchev–Trinajstić information content (AvgIpc) is 2.49. The van der Waals surface area contributed by atoms with E-state index in [2.05, 4.69) is 30.8 Å². The van der Waals surface area contributed by atoms with Crippen LogP contribution >= 0.6 is 0 Å². The molecule has 3 nitrogen and oxygen atoms in total. The predicted molar refractivity (Wildman–Crippen MR) is 54.8 cm³/mol. The number of likely N-dealkylation sites (N-methyl/N-ethyl adjacent to an activating group) is 1. The fourth-order valence-electron chi connectivity index (χ4n) is 1.90. The Morgan fingerprint density at radius 3 is 2.77 bits per heavy atom. The molecule has 2 unspecified atom stereocenters. The Morgan fingerprint density at radius 1 is 1.62 bits per heavy atom. The van der Waals surface area contributed by atoms with Crippen molar-refractivity contribution < 1.29 is 5.11 Å². The molecule has 0 radical (unpaired) electrons. The van der Waals surface area contributed by atoms with E-state index in [-0.39, 0.29) is 6.61 Å². The van der Waals surface area contributed by atoms with Gasteiger partial charge in [0.25, 0.3) is 0 Å². The van der Waals surface area contributed by atoms with Crippen LogP contribution in [-0.4, -0.2) is 61.3 Å². The molecule has 2 atom stereocenters. The number of rotatable bonds is 4. The van der Waals surface area contributed by atoms with E-state index in [0.29, 0.717) is 6.04 Å². The van der Waals surface area contributed by atoms with Gasteiger partial charge in [-0.25, -0.2) is 0 Å². The van der Waals surface area contributed by atoms with Crippen LogP contribution in [0.1, 0.15) is 13.3 Å². The van der Waals surface area contributed by atoms with Crippen molar-refractivity contribution in [1.82, 2.24) is 9.80 Å². The predicted octanol–water partition coefficient (Wildman–Crippen LogP) is 0.251. The molecule has 0 amide bonds. The van der Waals surface area contributed by atoms with Crippen LogP contribution in [0.25, 0.3) is 0 Å². The molecule has 0 saturated carbocycles. The molecule has 1 rings (SSSR count). The van der Waals surface area contributed by atoms with Gasteiger partial charge in [-0.2, -0.15) is 0 Å². The molecule has 1 heterocycles. The highest BCUT2D eigenvalue weighted by Gasteiger charge is 2.21. The van der Waals surface area contributed by atoms with Crippen molar-refractivity contribution in [3.05, 3.63) is 0 Å². The second kappa shape index (κ2) is 4.94. The van der Waals surface area contributed by atoms with Gasteiger partial charge in [-0.05, 0) is 39.9 Å². The van der Waals surface area contributed by atoms with Gasteiger partial charge >= 0.3 is 0 Å². The van der Waals surface area contributed by atoms with Crippen molar-refractivity contribution in [2.45, 2.75) is 19.4 Å². The van der Waals surface area contributed by atoms with E-state index in [1.807, 2.05) is 0 Å². The van der Waals surface area contributed by atoms with E-state index in [1.165, 1.54) is 19.5 Å². The Labute approximate surface area is 81.3 Å². The SMILES string of the molecule is CC(CO)N(C)CC1CCN(C)C1. The lowest BCUT2D eigenvalue weighted by Gasteiger charge is -2.25. The highest BCUT2D eigenvalue weighted by molar-refractivity contribution is 4.76. The summed E-state index contributed by atoms with van der Waals surface area (Å²) < 4.78 is 0. The molecule has 1 aliphatic heterocycles. The second-order valence-corrected chi connectivity index (χ2v) is 4.39. The van der Waals surface area contributed by atoms with Gasteiger partial charge in [0.05, 0.1) is 6.61 Å². The van der Waals surface area contributed by atoms with Crippen molar-refractivity contribution in [2.24, 2.45) is 5.92 Å². The van der Waals surface area contributed by atoms with E-state index in [4.69, 9.17) is 5.11 Å². The van der Waals surface area contributed by atoms with Crippen LogP contribution in [0.4, 0.5) is 0 Å². The minimum absolute atomic E-state index is 0.263. The quantitative estimate of drug-likeness (QED) is 0.682. The molecular formula is C10H22N2O. The Kier molecular flexibility index (Phi) is 4.16. The van der Waals surface area contributed by atoms with Gasteiger partial charge in [0, 0.05) is 19.1 Å². The molecule has 13 heavy (non-hydrogen) atoms. The zero-order chi connectivity index (χ0) is 9.84. The summed E-state index contributed by atoms with van der Waals surface area (Å²) in [5.74, 6) is 0.795. The minimum atomic E-state index is 0.263. The third-order valence-corrected chi connectivity index (χ3v) is 3.05.